The molecule has 0 atom stereocenters. The number of nitro benzene ring substituents is 1. The van der Waals surface area contributed by atoms with E-state index in [-0.39, 0.29) is 18.1 Å². The van der Waals surface area contributed by atoms with Crippen LogP contribution in [0.2, 0.25) is 0 Å². The molecule has 1 amide bonds. The van der Waals surface area contributed by atoms with Crippen molar-refractivity contribution < 1.29 is 14.5 Å². The molecule has 0 aliphatic carbocycles. The van der Waals surface area contributed by atoms with E-state index in [1.807, 2.05) is 25.1 Å². The van der Waals surface area contributed by atoms with Crippen molar-refractivity contribution in [2.24, 2.45) is 0 Å². The summed E-state index contributed by atoms with van der Waals surface area (Å²) >= 11 is 0. The van der Waals surface area contributed by atoms with Gasteiger partial charge in [0, 0.05) is 50.1 Å². The summed E-state index contributed by atoms with van der Waals surface area (Å²) < 4.78 is 5.28. The molecule has 148 valence electrons. The highest BCUT2D eigenvalue weighted by Gasteiger charge is 2.20. The van der Waals surface area contributed by atoms with E-state index in [4.69, 9.17) is 4.74 Å². The van der Waals surface area contributed by atoms with Gasteiger partial charge in [0.1, 0.15) is 5.75 Å². The van der Waals surface area contributed by atoms with Gasteiger partial charge in [-0.2, -0.15) is 0 Å². The summed E-state index contributed by atoms with van der Waals surface area (Å²) in [6, 6.07) is 12.4. The number of hydrogen-bond donors (Lipinski definition) is 1. The van der Waals surface area contributed by atoms with E-state index >= 15 is 0 Å². The number of piperazine rings is 1. The van der Waals surface area contributed by atoms with Gasteiger partial charge in [0.25, 0.3) is 5.69 Å². The van der Waals surface area contributed by atoms with Gasteiger partial charge in [-0.15, -0.1) is 0 Å². The largest absolute Gasteiger partial charge is 0.497 e. The van der Waals surface area contributed by atoms with E-state index in [0.717, 1.165) is 43.2 Å². The zero-order chi connectivity index (χ0) is 20.1. The standard InChI is InChI=1S/C20H24N4O4/c1-15-6-7-17(24(26)27)13-19(15)21-20(25)14-22-8-10-23(11-9-22)16-4-3-5-18(12-16)28-2/h3-7,12-13H,8-11,14H2,1-2H3,(H,21,25). The fraction of sp³-hybridized carbons (Fsp3) is 0.350. The van der Waals surface area contributed by atoms with Crippen LogP contribution in [0.5, 0.6) is 5.75 Å². The summed E-state index contributed by atoms with van der Waals surface area (Å²) in [6.07, 6.45) is 0. The lowest BCUT2D eigenvalue weighted by Gasteiger charge is -2.35. The molecule has 0 spiro atoms. The second kappa shape index (κ2) is 8.71. The molecule has 0 bridgehead atoms. The molecule has 2 aromatic rings. The average molecular weight is 384 g/mol. The first-order valence-corrected chi connectivity index (χ1v) is 9.12. The third-order valence-electron chi connectivity index (χ3n) is 4.86. The van der Waals surface area contributed by atoms with Gasteiger partial charge in [-0.1, -0.05) is 12.1 Å². The van der Waals surface area contributed by atoms with Crippen LogP contribution in [0.15, 0.2) is 42.5 Å². The summed E-state index contributed by atoms with van der Waals surface area (Å²) in [4.78, 5) is 27.2. The van der Waals surface area contributed by atoms with Crippen LogP contribution < -0.4 is 15.0 Å². The smallest absolute Gasteiger partial charge is 0.271 e. The maximum Gasteiger partial charge on any atom is 0.271 e. The molecule has 0 radical (unpaired) electrons. The minimum atomic E-state index is -0.465. The number of nitrogens with one attached hydrogen (secondary N) is 1. The van der Waals surface area contributed by atoms with Gasteiger partial charge in [0.15, 0.2) is 0 Å². The fourth-order valence-corrected chi connectivity index (χ4v) is 3.22. The molecule has 8 nitrogen and oxygen atoms in total. The highest BCUT2D eigenvalue weighted by Crippen LogP contribution is 2.23. The normalized spacial score (nSPS) is 14.6. The van der Waals surface area contributed by atoms with Gasteiger partial charge >= 0.3 is 0 Å². The summed E-state index contributed by atoms with van der Waals surface area (Å²) in [7, 11) is 1.65. The quantitative estimate of drug-likeness (QED) is 0.609. The molecule has 2 aromatic carbocycles. The lowest BCUT2D eigenvalue weighted by atomic mass is 10.2. The van der Waals surface area contributed by atoms with Gasteiger partial charge in [-0.3, -0.25) is 19.8 Å². The Bertz CT molecular complexity index is 863. The predicted octanol–water partition coefficient (Wildman–Crippen LogP) is 2.67. The van der Waals surface area contributed by atoms with Crippen molar-refractivity contribution in [2.45, 2.75) is 6.92 Å². The first-order chi connectivity index (χ1) is 13.5. The fourth-order valence-electron chi connectivity index (χ4n) is 3.22. The summed E-state index contributed by atoms with van der Waals surface area (Å²) in [5, 5.41) is 13.7. The highest BCUT2D eigenvalue weighted by atomic mass is 16.6. The first kappa shape index (κ1) is 19.6. The molecule has 8 heteroatoms. The summed E-state index contributed by atoms with van der Waals surface area (Å²) in [5.41, 5.74) is 2.35. The van der Waals surface area contributed by atoms with Gasteiger partial charge < -0.3 is 15.0 Å². The van der Waals surface area contributed by atoms with Crippen LogP contribution in [0.4, 0.5) is 17.1 Å². The first-order valence-electron chi connectivity index (χ1n) is 9.12. The molecule has 3 rings (SSSR count). The Morgan fingerprint density at radius 1 is 1.18 bits per heavy atom. The molecule has 0 aromatic heterocycles. The zero-order valence-corrected chi connectivity index (χ0v) is 16.1. The van der Waals surface area contributed by atoms with Crippen LogP contribution in [0.25, 0.3) is 0 Å². The third kappa shape index (κ3) is 4.77. The highest BCUT2D eigenvalue weighted by molar-refractivity contribution is 5.93. The number of nitro groups is 1. The second-order valence-corrected chi connectivity index (χ2v) is 6.77. The molecule has 1 saturated heterocycles. The number of benzene rings is 2. The summed E-state index contributed by atoms with van der Waals surface area (Å²) in [6.45, 7) is 5.23. The van der Waals surface area contributed by atoms with Crippen molar-refractivity contribution in [3.8, 4) is 5.75 Å². The van der Waals surface area contributed by atoms with E-state index in [0.29, 0.717) is 5.69 Å². The van der Waals surface area contributed by atoms with Crippen LogP contribution in [0.3, 0.4) is 0 Å². The lowest BCUT2D eigenvalue weighted by molar-refractivity contribution is -0.384. The number of amides is 1. The molecule has 1 aliphatic heterocycles. The second-order valence-electron chi connectivity index (χ2n) is 6.77. The molecule has 0 saturated carbocycles. The molecule has 1 aliphatic rings. The molecule has 0 unspecified atom stereocenters. The van der Waals surface area contributed by atoms with E-state index in [9.17, 15) is 14.9 Å². The lowest BCUT2D eigenvalue weighted by Crippen LogP contribution is -2.48. The third-order valence-corrected chi connectivity index (χ3v) is 4.86. The van der Waals surface area contributed by atoms with E-state index in [1.165, 1.54) is 12.1 Å². The van der Waals surface area contributed by atoms with E-state index in [1.54, 1.807) is 13.2 Å². The van der Waals surface area contributed by atoms with Crippen molar-refractivity contribution in [1.82, 2.24) is 4.90 Å². The number of carbonyl (C=O) groups excluding carboxylic acids is 1. The van der Waals surface area contributed by atoms with Gasteiger partial charge in [0.05, 0.1) is 24.3 Å². The van der Waals surface area contributed by atoms with Gasteiger partial charge in [-0.05, 0) is 24.6 Å². The minimum Gasteiger partial charge on any atom is -0.497 e. The molecule has 1 fully saturated rings. The van der Waals surface area contributed by atoms with Crippen LogP contribution in [-0.4, -0.2) is 55.6 Å². The number of ether oxygens (including phenoxy) is 1. The maximum absolute atomic E-state index is 12.4. The van der Waals surface area contributed by atoms with Crippen LogP contribution in [0.1, 0.15) is 5.56 Å². The van der Waals surface area contributed by atoms with Crippen molar-refractivity contribution in [3.63, 3.8) is 0 Å². The average Bonchev–Trinajstić information content (AvgIpc) is 2.70. The Labute approximate surface area is 163 Å². The van der Waals surface area contributed by atoms with Crippen LogP contribution in [0, 0.1) is 17.0 Å². The van der Waals surface area contributed by atoms with E-state index < -0.39 is 4.92 Å². The van der Waals surface area contributed by atoms with Gasteiger partial charge in [0.2, 0.25) is 5.91 Å². The number of hydrogen-bond acceptors (Lipinski definition) is 6. The van der Waals surface area contributed by atoms with Crippen molar-refractivity contribution in [1.29, 1.82) is 0 Å². The molecule has 1 N–H and O–H groups in total. The number of aryl methyl sites for hydroxylation is 1. The number of methoxy groups -OCH3 is 1. The minimum absolute atomic E-state index is 0.0344. The Kier molecular flexibility index (Phi) is 6.10. The molecular formula is C20H24N4O4. The topological polar surface area (TPSA) is 88.0 Å². The summed E-state index contributed by atoms with van der Waals surface area (Å²) in [5.74, 6) is 0.657. The van der Waals surface area contributed by atoms with Crippen molar-refractivity contribution >= 4 is 23.0 Å². The predicted molar refractivity (Wildman–Crippen MR) is 108 cm³/mol. The number of anilines is 2. The zero-order valence-electron chi connectivity index (χ0n) is 16.1. The van der Waals surface area contributed by atoms with E-state index in [2.05, 4.69) is 21.2 Å². The molecular weight excluding hydrogens is 360 g/mol. The number of non-ortho nitro benzene ring substituents is 1. The SMILES string of the molecule is COc1cccc(N2CCN(CC(=O)Nc3cc([N+](=O)[O-])ccc3C)CC2)c1. The maximum atomic E-state index is 12.4. The van der Waals surface area contributed by atoms with Crippen molar-refractivity contribution in [2.75, 3.05) is 50.1 Å². The Morgan fingerprint density at radius 2 is 1.93 bits per heavy atom. The molecule has 28 heavy (non-hydrogen) atoms. The monoisotopic (exact) mass is 384 g/mol. The number of rotatable bonds is 6. The Hall–Kier alpha value is -3.13. The molecule has 1 heterocycles. The number of nitrogens with zero attached hydrogens (tertiary/aromatic N) is 3. The van der Waals surface area contributed by atoms with Crippen molar-refractivity contribution in [3.05, 3.63) is 58.1 Å². The van der Waals surface area contributed by atoms with Crippen LogP contribution in [-0.2, 0) is 4.79 Å². The van der Waals surface area contributed by atoms with Gasteiger partial charge in [-0.25, -0.2) is 0 Å². The Morgan fingerprint density at radius 3 is 2.61 bits per heavy atom. The Balaban J connectivity index is 1.54. The van der Waals surface area contributed by atoms with Crippen LogP contribution >= 0.6 is 0 Å². The number of carbonyl (C=O) groups is 1.